The zero-order valence-electron chi connectivity index (χ0n) is 20.5. The zero-order valence-corrected chi connectivity index (χ0v) is 21.3. The molecule has 0 saturated carbocycles. The third-order valence-corrected chi connectivity index (χ3v) is 7.73. The maximum Gasteiger partial charge on any atom is 0.354 e. The van der Waals surface area contributed by atoms with Crippen LogP contribution in [0.3, 0.4) is 0 Å². The van der Waals surface area contributed by atoms with Crippen LogP contribution < -0.4 is 16.1 Å². The molecule has 1 aliphatic rings. The molecule has 198 valence electrons. The molecule has 2 aromatic heterocycles. The van der Waals surface area contributed by atoms with Crippen molar-refractivity contribution in [2.75, 3.05) is 31.2 Å². The van der Waals surface area contributed by atoms with E-state index >= 15 is 0 Å². The van der Waals surface area contributed by atoms with Gasteiger partial charge in [-0.2, -0.15) is 0 Å². The molecule has 7 nitrogen and oxygen atoms in total. The number of nitrogens with zero attached hydrogens (tertiary/aromatic N) is 2. The van der Waals surface area contributed by atoms with E-state index < -0.39 is 28.6 Å². The highest BCUT2D eigenvalue weighted by molar-refractivity contribution is 7.99. The molecule has 0 bridgehead atoms. The van der Waals surface area contributed by atoms with E-state index in [0.717, 1.165) is 17.4 Å². The number of morpholine rings is 1. The first kappa shape index (κ1) is 25.1. The molecule has 1 aliphatic heterocycles. The lowest BCUT2D eigenvalue weighted by Crippen LogP contribution is -2.36. The first-order chi connectivity index (χ1) is 18.9. The number of hydrogen-bond donors (Lipinski definition) is 1. The number of ether oxygens (including phenoxy) is 1. The quantitative estimate of drug-likeness (QED) is 0.305. The lowest BCUT2D eigenvalue weighted by molar-refractivity contribution is 0.122. The minimum Gasteiger partial charge on any atom is -0.505 e. The summed E-state index contributed by atoms with van der Waals surface area (Å²) in [5.41, 5.74) is 0.543. The number of aromatic nitrogens is 1. The van der Waals surface area contributed by atoms with Crippen molar-refractivity contribution >= 4 is 39.3 Å². The molecule has 3 aromatic carbocycles. The Bertz CT molecular complexity index is 1830. The minimum atomic E-state index is -0.844. The van der Waals surface area contributed by atoms with Crippen LogP contribution in [0.1, 0.15) is 5.56 Å². The number of halogens is 2. The van der Waals surface area contributed by atoms with Gasteiger partial charge in [-0.05, 0) is 54.1 Å². The van der Waals surface area contributed by atoms with Crippen LogP contribution >= 0.6 is 11.8 Å². The van der Waals surface area contributed by atoms with E-state index in [1.54, 1.807) is 24.3 Å². The average Bonchev–Trinajstić information content (AvgIpc) is 2.94. The summed E-state index contributed by atoms with van der Waals surface area (Å²) in [6, 6.07) is 16.8. The molecule has 0 atom stereocenters. The van der Waals surface area contributed by atoms with Crippen LogP contribution in [-0.4, -0.2) is 36.0 Å². The number of rotatable bonds is 5. The number of hydrogen-bond acceptors (Lipinski definition) is 7. The van der Waals surface area contributed by atoms with Gasteiger partial charge in [0.2, 0.25) is 0 Å². The Kier molecular flexibility index (Phi) is 6.58. The van der Waals surface area contributed by atoms with Gasteiger partial charge in [-0.1, -0.05) is 30.0 Å². The number of aromatic hydroxyl groups is 1. The number of fused-ring (bicyclic) bond motifs is 3. The largest absolute Gasteiger partial charge is 0.505 e. The van der Waals surface area contributed by atoms with Crippen molar-refractivity contribution in [2.45, 2.75) is 16.3 Å². The summed E-state index contributed by atoms with van der Waals surface area (Å²) in [6.07, 6.45) is 0. The second-order valence-corrected chi connectivity index (χ2v) is 10.2. The first-order valence-electron chi connectivity index (χ1n) is 12.3. The van der Waals surface area contributed by atoms with Gasteiger partial charge in [0.15, 0.2) is 11.3 Å². The highest BCUT2D eigenvalue weighted by Gasteiger charge is 2.23. The van der Waals surface area contributed by atoms with E-state index in [9.17, 15) is 23.5 Å². The number of anilines is 1. The zero-order chi connectivity index (χ0) is 27.1. The SMILES string of the molecule is O=c1oc2c(c(O)c1Sc1cccc(F)c1)c(=O)n(Cc1ccc(F)cc1)c1ccc(N3CCOCC3)cc21. The Labute approximate surface area is 224 Å². The molecule has 1 fully saturated rings. The lowest BCUT2D eigenvalue weighted by atomic mass is 10.1. The molecule has 5 aromatic rings. The summed E-state index contributed by atoms with van der Waals surface area (Å²) in [4.78, 5) is 29.2. The lowest BCUT2D eigenvalue weighted by Gasteiger charge is -2.29. The van der Waals surface area contributed by atoms with Crippen LogP contribution in [0.25, 0.3) is 21.9 Å². The summed E-state index contributed by atoms with van der Waals surface area (Å²) in [7, 11) is 0. The first-order valence-corrected chi connectivity index (χ1v) is 13.1. The average molecular weight is 549 g/mol. The van der Waals surface area contributed by atoms with Crippen molar-refractivity contribution in [1.82, 2.24) is 4.57 Å². The van der Waals surface area contributed by atoms with Gasteiger partial charge in [0.25, 0.3) is 5.56 Å². The summed E-state index contributed by atoms with van der Waals surface area (Å²) in [5, 5.41) is 11.6. The van der Waals surface area contributed by atoms with E-state index in [0.29, 0.717) is 47.7 Å². The van der Waals surface area contributed by atoms with Gasteiger partial charge in [-0.25, -0.2) is 13.6 Å². The van der Waals surface area contributed by atoms with Gasteiger partial charge in [-0.3, -0.25) is 4.79 Å². The van der Waals surface area contributed by atoms with Crippen molar-refractivity contribution in [2.24, 2.45) is 0 Å². The van der Waals surface area contributed by atoms with Crippen LogP contribution in [0.15, 0.2) is 90.5 Å². The molecule has 3 heterocycles. The third-order valence-electron chi connectivity index (χ3n) is 6.68. The Morgan fingerprint density at radius 3 is 2.44 bits per heavy atom. The Hall–Kier alpha value is -4.15. The highest BCUT2D eigenvalue weighted by Crippen LogP contribution is 2.38. The molecule has 39 heavy (non-hydrogen) atoms. The standard InChI is InChI=1S/C29H22F2N2O5S/c30-18-6-4-17(5-7-18)16-33-23-9-8-20(32-10-12-37-13-11-32)15-22(23)26-24(28(33)35)25(34)27(29(36)38-26)39-21-3-1-2-19(31)14-21/h1-9,14-15,34H,10-13,16H2. The molecular formula is C29H22F2N2O5S. The molecule has 10 heteroatoms. The van der Waals surface area contributed by atoms with Crippen LogP contribution in [0.5, 0.6) is 5.75 Å². The van der Waals surface area contributed by atoms with Gasteiger partial charge in [-0.15, -0.1) is 0 Å². The second-order valence-electron chi connectivity index (χ2n) is 9.15. The monoisotopic (exact) mass is 548 g/mol. The predicted molar refractivity (Wildman–Crippen MR) is 145 cm³/mol. The van der Waals surface area contributed by atoms with Crippen LogP contribution in [0.2, 0.25) is 0 Å². The molecule has 0 radical (unpaired) electrons. The fraction of sp³-hybridized carbons (Fsp3) is 0.172. The Morgan fingerprint density at radius 2 is 1.69 bits per heavy atom. The van der Waals surface area contributed by atoms with Crippen LogP contribution in [0.4, 0.5) is 14.5 Å². The predicted octanol–water partition coefficient (Wildman–Crippen LogP) is 5.13. The van der Waals surface area contributed by atoms with E-state index in [1.807, 2.05) is 12.1 Å². The van der Waals surface area contributed by atoms with Crippen molar-refractivity contribution in [3.63, 3.8) is 0 Å². The molecule has 0 aliphatic carbocycles. The van der Waals surface area contributed by atoms with Gasteiger partial charge in [0, 0.05) is 29.1 Å². The maximum absolute atomic E-state index is 13.9. The maximum atomic E-state index is 13.9. The molecule has 0 amide bonds. The summed E-state index contributed by atoms with van der Waals surface area (Å²) >= 11 is 0.813. The molecule has 0 spiro atoms. The fourth-order valence-corrected chi connectivity index (χ4v) is 5.65. The van der Waals surface area contributed by atoms with Crippen LogP contribution in [0, 0.1) is 11.6 Å². The molecular weight excluding hydrogens is 526 g/mol. The smallest absolute Gasteiger partial charge is 0.354 e. The van der Waals surface area contributed by atoms with Crippen LogP contribution in [-0.2, 0) is 11.3 Å². The molecule has 1 saturated heterocycles. The summed E-state index contributed by atoms with van der Waals surface area (Å²) in [6.45, 7) is 2.57. The number of pyridine rings is 1. The van der Waals surface area contributed by atoms with E-state index in [-0.39, 0.29) is 22.4 Å². The third kappa shape index (κ3) is 4.77. The Balaban J connectivity index is 1.60. The van der Waals surface area contributed by atoms with Crippen molar-refractivity contribution < 1.29 is 23.0 Å². The summed E-state index contributed by atoms with van der Waals surface area (Å²) in [5.74, 6) is -1.44. The Morgan fingerprint density at radius 1 is 0.923 bits per heavy atom. The highest BCUT2D eigenvalue weighted by atomic mass is 32.2. The van der Waals surface area contributed by atoms with E-state index in [2.05, 4.69) is 4.90 Å². The van der Waals surface area contributed by atoms with E-state index in [1.165, 1.54) is 34.9 Å². The molecule has 6 rings (SSSR count). The van der Waals surface area contributed by atoms with Gasteiger partial charge >= 0.3 is 5.63 Å². The van der Waals surface area contributed by atoms with E-state index in [4.69, 9.17) is 9.15 Å². The van der Waals surface area contributed by atoms with Gasteiger partial charge in [0.1, 0.15) is 21.9 Å². The van der Waals surface area contributed by atoms with Gasteiger partial charge < -0.3 is 23.7 Å². The van der Waals surface area contributed by atoms with Crippen molar-refractivity contribution in [3.05, 3.63) is 105 Å². The molecule has 0 unspecified atom stereocenters. The number of benzene rings is 3. The van der Waals surface area contributed by atoms with Gasteiger partial charge in [0.05, 0.1) is 25.3 Å². The molecule has 1 N–H and O–H groups in total. The van der Waals surface area contributed by atoms with Crippen molar-refractivity contribution in [3.8, 4) is 5.75 Å². The second kappa shape index (κ2) is 10.2. The van der Waals surface area contributed by atoms with Crippen molar-refractivity contribution in [1.29, 1.82) is 0 Å². The summed E-state index contributed by atoms with van der Waals surface area (Å²) < 4.78 is 39.9. The minimum absolute atomic E-state index is 0.0356. The normalized spacial score (nSPS) is 13.8. The topological polar surface area (TPSA) is 84.9 Å². The fourth-order valence-electron chi connectivity index (χ4n) is 4.77.